The molecule has 2 heterocycles. The van der Waals surface area contributed by atoms with Crippen molar-refractivity contribution in [3.63, 3.8) is 0 Å². The summed E-state index contributed by atoms with van der Waals surface area (Å²) in [7, 11) is 1.88. The maximum absolute atomic E-state index is 4.65. The van der Waals surface area contributed by atoms with Crippen molar-refractivity contribution in [1.29, 1.82) is 0 Å². The van der Waals surface area contributed by atoms with Crippen LogP contribution in [-0.4, -0.2) is 22.0 Å². The quantitative estimate of drug-likeness (QED) is 0.775. The smallest absolute Gasteiger partial charge is 0.173 e. The summed E-state index contributed by atoms with van der Waals surface area (Å²) in [6, 6.07) is 6.11. The molecule has 0 aliphatic heterocycles. The largest absolute Gasteiger partial charge is 0.373 e. The molecule has 19 heavy (non-hydrogen) atoms. The highest BCUT2D eigenvalue weighted by Gasteiger charge is 2.11. The summed E-state index contributed by atoms with van der Waals surface area (Å²) >= 11 is 1.61. The average molecular weight is 270 g/mol. The number of rotatable bonds is 2. The molecule has 0 fully saturated rings. The van der Waals surface area contributed by atoms with E-state index in [0.717, 1.165) is 32.4 Å². The molecular formula is C14H14N4S. The van der Waals surface area contributed by atoms with Crippen LogP contribution >= 0.6 is 11.3 Å². The first-order chi connectivity index (χ1) is 9.19. The summed E-state index contributed by atoms with van der Waals surface area (Å²) in [4.78, 5) is 14.5. The predicted molar refractivity (Wildman–Crippen MR) is 79.7 cm³/mol. The Morgan fingerprint density at radius 3 is 2.68 bits per heavy atom. The Labute approximate surface area is 115 Å². The second-order valence-corrected chi connectivity index (χ2v) is 5.59. The van der Waals surface area contributed by atoms with Crippen LogP contribution in [0.4, 0.5) is 5.82 Å². The Kier molecular flexibility index (Phi) is 2.91. The summed E-state index contributed by atoms with van der Waals surface area (Å²) in [5.41, 5.74) is 2.13. The lowest BCUT2D eigenvalue weighted by Gasteiger charge is -2.09. The van der Waals surface area contributed by atoms with Crippen LogP contribution in [0.5, 0.6) is 0 Å². The first-order valence-electron chi connectivity index (χ1n) is 6.07. The van der Waals surface area contributed by atoms with Gasteiger partial charge < -0.3 is 5.32 Å². The van der Waals surface area contributed by atoms with Crippen LogP contribution in [0.3, 0.4) is 0 Å². The van der Waals surface area contributed by atoms with Gasteiger partial charge in [0, 0.05) is 18.6 Å². The Balaban J connectivity index is 2.29. The molecule has 0 amide bonds. The zero-order valence-electron chi connectivity index (χ0n) is 11.1. The lowest BCUT2D eigenvalue weighted by Crippen LogP contribution is -1.99. The Bertz CT molecular complexity index is 748. The van der Waals surface area contributed by atoms with Crippen molar-refractivity contribution >= 4 is 28.1 Å². The molecular weight excluding hydrogens is 256 g/mol. The van der Waals surface area contributed by atoms with Crippen LogP contribution in [0.15, 0.2) is 24.4 Å². The van der Waals surface area contributed by atoms with E-state index >= 15 is 0 Å². The molecule has 1 N–H and O–H groups in total. The van der Waals surface area contributed by atoms with E-state index in [1.807, 2.05) is 32.3 Å². The van der Waals surface area contributed by atoms with Gasteiger partial charge in [0.05, 0.1) is 15.4 Å². The third-order valence-electron chi connectivity index (χ3n) is 3.01. The highest BCUT2D eigenvalue weighted by Crippen LogP contribution is 2.29. The van der Waals surface area contributed by atoms with Gasteiger partial charge >= 0.3 is 0 Å². The second kappa shape index (κ2) is 4.59. The van der Waals surface area contributed by atoms with Gasteiger partial charge in [0.15, 0.2) is 5.82 Å². The van der Waals surface area contributed by atoms with Crippen LogP contribution < -0.4 is 5.32 Å². The fraction of sp³-hybridized carbons (Fsp3) is 0.214. The molecule has 3 rings (SSSR count). The van der Waals surface area contributed by atoms with E-state index in [2.05, 4.69) is 33.3 Å². The number of thiazole rings is 1. The molecule has 3 aromatic rings. The zero-order valence-corrected chi connectivity index (χ0v) is 11.9. The molecule has 0 spiro atoms. The van der Waals surface area contributed by atoms with Crippen LogP contribution in [0, 0.1) is 13.8 Å². The second-order valence-electron chi connectivity index (χ2n) is 4.36. The molecule has 0 unspecified atom stereocenters. The van der Waals surface area contributed by atoms with Gasteiger partial charge in [-0.25, -0.2) is 15.0 Å². The van der Waals surface area contributed by atoms with Crippen molar-refractivity contribution in [2.45, 2.75) is 13.8 Å². The lowest BCUT2D eigenvalue weighted by atomic mass is 10.1. The number of nitrogens with one attached hydrogen (secondary N) is 1. The van der Waals surface area contributed by atoms with Gasteiger partial charge in [0.1, 0.15) is 5.82 Å². The van der Waals surface area contributed by atoms with Gasteiger partial charge in [-0.05, 0) is 25.5 Å². The van der Waals surface area contributed by atoms with Crippen molar-refractivity contribution in [3.8, 4) is 10.7 Å². The topological polar surface area (TPSA) is 50.7 Å². The number of hydrogen-bond acceptors (Lipinski definition) is 5. The van der Waals surface area contributed by atoms with Gasteiger partial charge in [-0.15, -0.1) is 11.3 Å². The molecule has 1 aromatic carbocycles. The van der Waals surface area contributed by atoms with Crippen LogP contribution in [-0.2, 0) is 0 Å². The van der Waals surface area contributed by atoms with Gasteiger partial charge in [-0.2, -0.15) is 0 Å². The van der Waals surface area contributed by atoms with Gasteiger partial charge in [0.2, 0.25) is 0 Å². The van der Waals surface area contributed by atoms with E-state index in [4.69, 9.17) is 0 Å². The number of fused-ring (bicyclic) bond motifs is 1. The maximum Gasteiger partial charge on any atom is 0.173 e. The Hall–Kier alpha value is -2.01. The van der Waals surface area contributed by atoms with E-state index in [1.165, 1.54) is 5.56 Å². The van der Waals surface area contributed by atoms with E-state index in [0.29, 0.717) is 0 Å². The highest BCUT2D eigenvalue weighted by atomic mass is 32.1. The third-order valence-corrected chi connectivity index (χ3v) is 3.92. The van der Waals surface area contributed by atoms with Crippen molar-refractivity contribution in [2.24, 2.45) is 0 Å². The molecule has 4 nitrogen and oxygen atoms in total. The monoisotopic (exact) mass is 270 g/mol. The standard InChI is InChI=1S/C14H14N4S/c1-8-5-4-6-10-12(8)14(15-3)18-13(17-10)11-7-16-9(2)19-11/h4-7H,1-3H3,(H,15,17,18). The number of anilines is 1. The summed E-state index contributed by atoms with van der Waals surface area (Å²) in [6.07, 6.45) is 1.83. The van der Waals surface area contributed by atoms with Crippen LogP contribution in [0.25, 0.3) is 21.6 Å². The van der Waals surface area contributed by atoms with Crippen LogP contribution in [0.1, 0.15) is 10.6 Å². The first-order valence-corrected chi connectivity index (χ1v) is 6.88. The fourth-order valence-corrected chi connectivity index (χ4v) is 2.82. The summed E-state index contributed by atoms with van der Waals surface area (Å²) < 4.78 is 0. The van der Waals surface area contributed by atoms with E-state index in [1.54, 1.807) is 11.3 Å². The summed E-state index contributed by atoms with van der Waals surface area (Å²) in [5, 5.41) is 5.26. The number of aryl methyl sites for hydroxylation is 2. The van der Waals surface area contributed by atoms with E-state index in [-0.39, 0.29) is 0 Å². The predicted octanol–water partition coefficient (Wildman–Crippen LogP) is 3.41. The molecule has 0 saturated heterocycles. The Morgan fingerprint density at radius 2 is 2.00 bits per heavy atom. The van der Waals surface area contributed by atoms with Crippen molar-refractivity contribution in [2.75, 3.05) is 12.4 Å². The van der Waals surface area contributed by atoms with E-state index < -0.39 is 0 Å². The van der Waals surface area contributed by atoms with E-state index in [9.17, 15) is 0 Å². The first kappa shape index (κ1) is 12.0. The molecule has 0 aliphatic rings. The van der Waals surface area contributed by atoms with Gasteiger partial charge in [-0.3, -0.25) is 0 Å². The molecule has 0 aliphatic carbocycles. The van der Waals surface area contributed by atoms with Crippen molar-refractivity contribution in [1.82, 2.24) is 15.0 Å². The normalized spacial score (nSPS) is 10.9. The fourth-order valence-electron chi connectivity index (χ4n) is 2.11. The maximum atomic E-state index is 4.65. The third kappa shape index (κ3) is 2.06. The minimum Gasteiger partial charge on any atom is -0.373 e. The zero-order chi connectivity index (χ0) is 13.4. The molecule has 0 saturated carbocycles. The SMILES string of the molecule is CNc1nc(-c2cnc(C)s2)nc2cccc(C)c12. The van der Waals surface area contributed by atoms with Crippen LogP contribution in [0.2, 0.25) is 0 Å². The van der Waals surface area contributed by atoms with Gasteiger partial charge in [0.25, 0.3) is 0 Å². The molecule has 5 heteroatoms. The minimum absolute atomic E-state index is 0.730. The molecule has 0 atom stereocenters. The average Bonchev–Trinajstić information content (AvgIpc) is 2.84. The minimum atomic E-state index is 0.730. The number of nitrogens with zero attached hydrogens (tertiary/aromatic N) is 3. The molecule has 2 aromatic heterocycles. The number of aromatic nitrogens is 3. The lowest BCUT2D eigenvalue weighted by molar-refractivity contribution is 1.21. The summed E-state index contributed by atoms with van der Waals surface area (Å²) in [5.74, 6) is 1.59. The summed E-state index contributed by atoms with van der Waals surface area (Å²) in [6.45, 7) is 4.06. The Morgan fingerprint density at radius 1 is 1.16 bits per heavy atom. The number of benzene rings is 1. The van der Waals surface area contributed by atoms with Gasteiger partial charge in [-0.1, -0.05) is 12.1 Å². The van der Waals surface area contributed by atoms with Crippen molar-refractivity contribution < 1.29 is 0 Å². The van der Waals surface area contributed by atoms with Crippen molar-refractivity contribution in [3.05, 3.63) is 35.0 Å². The molecule has 0 bridgehead atoms. The molecule has 0 radical (unpaired) electrons. The highest BCUT2D eigenvalue weighted by molar-refractivity contribution is 7.14. The number of hydrogen-bond donors (Lipinski definition) is 1. The molecule has 96 valence electrons.